The molecule has 4 aromatic rings. The first kappa shape index (κ1) is 14.5. The van der Waals surface area contributed by atoms with Crippen LogP contribution in [0.2, 0.25) is 0 Å². The van der Waals surface area contributed by atoms with Crippen LogP contribution in [0, 0.1) is 0 Å². The van der Waals surface area contributed by atoms with Crippen molar-refractivity contribution in [1.29, 1.82) is 0 Å². The summed E-state index contributed by atoms with van der Waals surface area (Å²) < 4.78 is 7.51. The minimum Gasteiger partial charge on any atom is -0.338 e. The number of thioether (sulfide) groups is 1. The van der Waals surface area contributed by atoms with Crippen LogP contribution < -0.4 is 0 Å². The van der Waals surface area contributed by atoms with Gasteiger partial charge < -0.3 is 9.09 Å². The minimum absolute atomic E-state index is 0.0340. The fourth-order valence-corrected chi connectivity index (χ4v) is 3.91. The second kappa shape index (κ2) is 5.82. The van der Waals surface area contributed by atoms with Crippen molar-refractivity contribution in [1.82, 2.24) is 19.7 Å². The molecule has 0 fully saturated rings. The number of rotatable bonds is 4. The van der Waals surface area contributed by atoms with Crippen LogP contribution in [-0.4, -0.2) is 19.7 Å². The van der Waals surface area contributed by atoms with E-state index in [1.165, 1.54) is 0 Å². The molecule has 0 spiro atoms. The zero-order chi connectivity index (χ0) is 15.8. The molecular formula is C16H14N4OS2. The lowest BCUT2D eigenvalue weighted by Crippen LogP contribution is -1.95. The zero-order valence-corrected chi connectivity index (χ0v) is 14.3. The number of imidazole rings is 1. The lowest BCUT2D eigenvalue weighted by atomic mass is 10.3. The van der Waals surface area contributed by atoms with Crippen LogP contribution in [0.1, 0.15) is 18.1 Å². The van der Waals surface area contributed by atoms with Gasteiger partial charge in [-0.1, -0.05) is 35.1 Å². The Morgan fingerprint density at radius 2 is 2.04 bits per heavy atom. The molecule has 3 heterocycles. The summed E-state index contributed by atoms with van der Waals surface area (Å²) in [4.78, 5) is 10.2. The van der Waals surface area contributed by atoms with E-state index in [2.05, 4.69) is 32.7 Å². The molecule has 5 nitrogen and oxygen atoms in total. The minimum atomic E-state index is 0.0340. The Balaban J connectivity index is 1.59. The van der Waals surface area contributed by atoms with Gasteiger partial charge in [0, 0.05) is 7.05 Å². The molecule has 0 aliphatic heterocycles. The molecule has 1 unspecified atom stereocenters. The number of hydrogen-bond acceptors (Lipinski definition) is 6. The molecule has 0 bridgehead atoms. The number of benzene rings is 1. The maximum Gasteiger partial charge on any atom is 0.240 e. The zero-order valence-electron chi connectivity index (χ0n) is 12.6. The smallest absolute Gasteiger partial charge is 0.240 e. The van der Waals surface area contributed by atoms with E-state index in [1.807, 2.05) is 42.8 Å². The van der Waals surface area contributed by atoms with E-state index in [4.69, 9.17) is 4.52 Å². The van der Waals surface area contributed by atoms with Crippen molar-refractivity contribution in [2.24, 2.45) is 7.05 Å². The third-order valence-electron chi connectivity index (χ3n) is 3.56. The van der Waals surface area contributed by atoms with E-state index in [0.717, 1.165) is 21.1 Å². The highest BCUT2D eigenvalue weighted by Gasteiger charge is 2.19. The van der Waals surface area contributed by atoms with E-state index < -0.39 is 0 Å². The van der Waals surface area contributed by atoms with Crippen LogP contribution in [0.3, 0.4) is 0 Å². The Hall–Kier alpha value is -2.12. The van der Waals surface area contributed by atoms with Gasteiger partial charge in [0.1, 0.15) is 0 Å². The van der Waals surface area contributed by atoms with Crippen LogP contribution in [0.4, 0.5) is 0 Å². The van der Waals surface area contributed by atoms with Crippen molar-refractivity contribution in [3.05, 3.63) is 47.7 Å². The number of para-hydroxylation sites is 2. The second-order valence-corrected chi connectivity index (χ2v) is 7.39. The van der Waals surface area contributed by atoms with Gasteiger partial charge >= 0.3 is 0 Å². The summed E-state index contributed by atoms with van der Waals surface area (Å²) in [7, 11) is 2.02. The number of thiophene rings is 1. The maximum absolute atomic E-state index is 5.42. The first-order valence-electron chi connectivity index (χ1n) is 7.18. The van der Waals surface area contributed by atoms with Crippen molar-refractivity contribution in [2.75, 3.05) is 0 Å². The van der Waals surface area contributed by atoms with Gasteiger partial charge in [0.15, 0.2) is 5.16 Å². The van der Waals surface area contributed by atoms with E-state index in [-0.39, 0.29) is 5.25 Å². The normalized spacial score (nSPS) is 12.8. The van der Waals surface area contributed by atoms with Crippen LogP contribution in [0.15, 0.2) is 51.5 Å². The highest BCUT2D eigenvalue weighted by molar-refractivity contribution is 7.99. The molecule has 0 radical (unpaired) electrons. The summed E-state index contributed by atoms with van der Waals surface area (Å²) in [5.41, 5.74) is 2.11. The molecule has 7 heteroatoms. The Kier molecular flexibility index (Phi) is 3.66. The predicted octanol–water partition coefficient (Wildman–Crippen LogP) is 4.54. The summed E-state index contributed by atoms with van der Waals surface area (Å²) in [5.74, 6) is 1.26. The van der Waals surface area contributed by atoms with Gasteiger partial charge in [-0.25, -0.2) is 4.98 Å². The fourth-order valence-electron chi connectivity index (χ4n) is 2.34. The van der Waals surface area contributed by atoms with E-state index in [0.29, 0.717) is 11.7 Å². The standard InChI is InChI=1S/C16H14N4OS2/c1-10(15-18-14(19-21-15)13-8-5-9-22-13)23-16-17-11-6-3-4-7-12(11)20(16)2/h3-10H,1-2H3. The van der Waals surface area contributed by atoms with Crippen molar-refractivity contribution >= 4 is 34.1 Å². The highest BCUT2D eigenvalue weighted by atomic mass is 32.2. The number of hydrogen-bond donors (Lipinski definition) is 0. The average Bonchev–Trinajstić information content (AvgIpc) is 3.28. The van der Waals surface area contributed by atoms with Crippen molar-refractivity contribution in [3.63, 3.8) is 0 Å². The van der Waals surface area contributed by atoms with Crippen LogP contribution in [0.5, 0.6) is 0 Å². The highest BCUT2D eigenvalue weighted by Crippen LogP contribution is 2.35. The first-order valence-corrected chi connectivity index (χ1v) is 8.94. The molecule has 1 atom stereocenters. The summed E-state index contributed by atoms with van der Waals surface area (Å²) in [5, 5.41) is 7.05. The van der Waals surface area contributed by atoms with Gasteiger partial charge in [-0.15, -0.1) is 11.3 Å². The molecular weight excluding hydrogens is 328 g/mol. The SMILES string of the molecule is CC(Sc1nc2ccccc2n1C)c1nc(-c2cccs2)no1. The Labute approximate surface area is 141 Å². The van der Waals surface area contributed by atoms with Crippen molar-refractivity contribution in [2.45, 2.75) is 17.3 Å². The molecule has 116 valence electrons. The molecule has 0 aliphatic rings. The lowest BCUT2D eigenvalue weighted by Gasteiger charge is -2.05. The van der Waals surface area contributed by atoms with Crippen LogP contribution in [-0.2, 0) is 7.05 Å². The van der Waals surface area contributed by atoms with Crippen molar-refractivity contribution < 1.29 is 4.52 Å². The number of fused-ring (bicyclic) bond motifs is 1. The van der Waals surface area contributed by atoms with Crippen LogP contribution in [0.25, 0.3) is 21.7 Å². The molecule has 23 heavy (non-hydrogen) atoms. The maximum atomic E-state index is 5.42. The first-order chi connectivity index (χ1) is 11.2. The summed E-state index contributed by atoms with van der Waals surface area (Å²) in [6, 6.07) is 12.1. The molecule has 0 amide bonds. The molecule has 0 saturated heterocycles. The molecule has 1 aromatic carbocycles. The molecule has 0 saturated carbocycles. The van der Waals surface area contributed by atoms with Gasteiger partial charge in [-0.05, 0) is 30.5 Å². The van der Waals surface area contributed by atoms with Crippen LogP contribution >= 0.6 is 23.1 Å². The third-order valence-corrected chi connectivity index (χ3v) is 5.56. The fraction of sp³-hybridized carbons (Fsp3) is 0.188. The van der Waals surface area contributed by atoms with E-state index in [1.54, 1.807) is 23.1 Å². The topological polar surface area (TPSA) is 56.7 Å². The number of aromatic nitrogens is 4. The molecule has 0 N–H and O–H groups in total. The third kappa shape index (κ3) is 2.66. The second-order valence-electron chi connectivity index (χ2n) is 5.14. The quantitative estimate of drug-likeness (QED) is 0.510. The van der Waals surface area contributed by atoms with Gasteiger partial charge in [-0.2, -0.15) is 4.98 Å². The largest absolute Gasteiger partial charge is 0.338 e. The van der Waals surface area contributed by atoms with Gasteiger partial charge in [-0.3, -0.25) is 0 Å². The number of aryl methyl sites for hydroxylation is 1. The predicted molar refractivity (Wildman–Crippen MR) is 92.6 cm³/mol. The Morgan fingerprint density at radius 3 is 2.83 bits per heavy atom. The van der Waals surface area contributed by atoms with E-state index in [9.17, 15) is 0 Å². The Morgan fingerprint density at radius 1 is 1.17 bits per heavy atom. The van der Waals surface area contributed by atoms with Gasteiger partial charge in [0.05, 0.1) is 21.2 Å². The average molecular weight is 342 g/mol. The van der Waals surface area contributed by atoms with Gasteiger partial charge in [0.25, 0.3) is 0 Å². The van der Waals surface area contributed by atoms with E-state index >= 15 is 0 Å². The van der Waals surface area contributed by atoms with Gasteiger partial charge in [0.2, 0.25) is 11.7 Å². The summed E-state index contributed by atoms with van der Waals surface area (Å²) in [6.07, 6.45) is 0. The lowest BCUT2D eigenvalue weighted by molar-refractivity contribution is 0.380. The van der Waals surface area contributed by atoms with Crippen molar-refractivity contribution in [3.8, 4) is 10.7 Å². The number of nitrogens with zero attached hydrogens (tertiary/aromatic N) is 4. The Bertz CT molecular complexity index is 942. The molecule has 3 aromatic heterocycles. The molecule has 4 rings (SSSR count). The monoisotopic (exact) mass is 342 g/mol. The molecule has 0 aliphatic carbocycles. The summed E-state index contributed by atoms with van der Waals surface area (Å²) in [6.45, 7) is 2.05. The summed E-state index contributed by atoms with van der Waals surface area (Å²) >= 11 is 3.22.